The molecule has 1 aliphatic heterocycles. The average molecular weight is 480 g/mol. The second kappa shape index (κ2) is 8.39. The Morgan fingerprint density at radius 2 is 1.62 bits per heavy atom. The van der Waals surface area contributed by atoms with Crippen molar-refractivity contribution < 1.29 is 21.7 Å². The lowest BCUT2D eigenvalue weighted by molar-refractivity contribution is 0.476. The van der Waals surface area contributed by atoms with E-state index < -0.39 is 9.84 Å². The highest BCUT2D eigenvalue weighted by Gasteiger charge is 2.34. The molecule has 1 aromatic carbocycles. The van der Waals surface area contributed by atoms with E-state index in [1.165, 1.54) is 6.26 Å². The number of nitrogens with zero attached hydrogens (tertiary/aromatic N) is 5. The number of oxazole rings is 2. The Labute approximate surface area is 196 Å². The van der Waals surface area contributed by atoms with Gasteiger partial charge in [0.15, 0.2) is 11.7 Å². The van der Waals surface area contributed by atoms with Gasteiger partial charge in [0.05, 0.1) is 11.2 Å². The minimum Gasteiger partial charge on any atom is -0.459 e. The summed E-state index contributed by atoms with van der Waals surface area (Å²) in [5.41, 5.74) is 1.18. The molecule has 0 spiro atoms. The van der Waals surface area contributed by atoms with Gasteiger partial charge >= 0.3 is 0 Å². The first-order chi connectivity index (χ1) is 16.4. The van der Waals surface area contributed by atoms with Gasteiger partial charge in [0, 0.05) is 33.1 Å². The molecule has 11 heteroatoms. The van der Waals surface area contributed by atoms with Crippen LogP contribution in [0.2, 0.25) is 0 Å². The van der Waals surface area contributed by atoms with Gasteiger partial charge in [-0.1, -0.05) is 17.7 Å². The number of anilines is 2. The molecule has 34 heavy (non-hydrogen) atoms. The van der Waals surface area contributed by atoms with Crippen LogP contribution in [0.4, 0.5) is 11.8 Å². The molecule has 1 saturated heterocycles. The maximum Gasteiger partial charge on any atom is 0.266 e. The lowest BCUT2D eigenvalue weighted by Crippen LogP contribution is -2.47. The van der Waals surface area contributed by atoms with E-state index in [0.717, 1.165) is 5.56 Å². The fraction of sp³-hybridized carbons (Fsp3) is 0.261. The SMILES string of the molecule is Cc1ccc(S(=O)(=O)c2nc(-c3ccco3)oc2N2CCN(c3oc(C)nc3C#N)CC2)cc1. The summed E-state index contributed by atoms with van der Waals surface area (Å²) in [5, 5.41) is 9.17. The Balaban J connectivity index is 1.49. The van der Waals surface area contributed by atoms with Crippen molar-refractivity contribution in [3.05, 3.63) is 59.8 Å². The van der Waals surface area contributed by atoms with Crippen LogP contribution >= 0.6 is 0 Å². The first-order valence-corrected chi connectivity index (χ1v) is 12.1. The monoisotopic (exact) mass is 479 g/mol. The van der Waals surface area contributed by atoms with Gasteiger partial charge in [-0.25, -0.2) is 13.4 Å². The molecular weight excluding hydrogens is 458 g/mol. The third-order valence-corrected chi connectivity index (χ3v) is 7.24. The van der Waals surface area contributed by atoms with E-state index in [1.807, 2.05) is 22.8 Å². The van der Waals surface area contributed by atoms with Crippen molar-refractivity contribution in [1.82, 2.24) is 9.97 Å². The summed E-state index contributed by atoms with van der Waals surface area (Å²) in [6.45, 7) is 5.38. The van der Waals surface area contributed by atoms with E-state index in [2.05, 4.69) is 9.97 Å². The molecule has 174 valence electrons. The van der Waals surface area contributed by atoms with Gasteiger partial charge in [0.2, 0.25) is 32.3 Å². The second-order valence-corrected chi connectivity index (χ2v) is 9.76. The summed E-state index contributed by atoms with van der Waals surface area (Å²) < 4.78 is 44.0. The number of rotatable bonds is 5. The van der Waals surface area contributed by atoms with Gasteiger partial charge in [0.1, 0.15) is 6.07 Å². The molecule has 1 aliphatic rings. The van der Waals surface area contributed by atoms with Crippen molar-refractivity contribution in [1.29, 1.82) is 5.26 Å². The Morgan fingerprint density at radius 3 is 2.24 bits per heavy atom. The molecule has 0 aliphatic carbocycles. The van der Waals surface area contributed by atoms with Crippen molar-refractivity contribution in [3.8, 4) is 17.7 Å². The standard InChI is InChI=1S/C23H21N5O5S/c1-15-5-7-17(8-6-15)34(29,30)21-23(33-20(26-21)19-4-3-13-31-19)28-11-9-27(10-12-28)22-18(14-24)25-16(2)32-22/h3-8,13H,9-12H2,1-2H3. The zero-order chi connectivity index (χ0) is 23.9. The molecule has 5 rings (SSSR count). The Hall–Kier alpha value is -4.04. The third kappa shape index (κ3) is 3.82. The van der Waals surface area contributed by atoms with Crippen LogP contribution in [0.3, 0.4) is 0 Å². The molecular formula is C23H21N5O5S. The molecule has 0 unspecified atom stereocenters. The number of sulfone groups is 1. The topological polar surface area (TPSA) is 130 Å². The van der Waals surface area contributed by atoms with Crippen molar-refractivity contribution in [2.24, 2.45) is 0 Å². The molecule has 0 bridgehead atoms. The van der Waals surface area contributed by atoms with Crippen molar-refractivity contribution in [3.63, 3.8) is 0 Å². The molecule has 10 nitrogen and oxygen atoms in total. The van der Waals surface area contributed by atoms with Gasteiger partial charge in [-0.15, -0.1) is 0 Å². The highest BCUT2D eigenvalue weighted by atomic mass is 32.2. The second-order valence-electron chi connectivity index (χ2n) is 7.90. The number of piperazine rings is 1. The summed E-state index contributed by atoms with van der Waals surface area (Å²) in [7, 11) is -3.95. The molecule has 1 fully saturated rings. The molecule has 0 radical (unpaired) electrons. The van der Waals surface area contributed by atoms with E-state index in [-0.39, 0.29) is 27.4 Å². The number of nitriles is 1. The number of aryl methyl sites for hydroxylation is 2. The number of aromatic nitrogens is 2. The minimum atomic E-state index is -3.95. The Morgan fingerprint density at radius 1 is 0.941 bits per heavy atom. The van der Waals surface area contributed by atoms with E-state index in [4.69, 9.17) is 13.3 Å². The maximum atomic E-state index is 13.5. The van der Waals surface area contributed by atoms with Crippen molar-refractivity contribution in [2.45, 2.75) is 23.8 Å². The molecule has 0 amide bonds. The van der Waals surface area contributed by atoms with E-state index in [9.17, 15) is 13.7 Å². The maximum absolute atomic E-state index is 13.5. The van der Waals surface area contributed by atoms with E-state index in [1.54, 1.807) is 43.3 Å². The highest BCUT2D eigenvalue weighted by Crippen LogP contribution is 2.36. The Kier molecular flexibility index (Phi) is 5.37. The predicted octanol–water partition coefficient (Wildman–Crippen LogP) is 3.57. The smallest absolute Gasteiger partial charge is 0.266 e. The molecule has 0 N–H and O–H groups in total. The quantitative estimate of drug-likeness (QED) is 0.419. The average Bonchev–Trinajstić information content (AvgIpc) is 3.59. The summed E-state index contributed by atoms with van der Waals surface area (Å²) in [6, 6.07) is 12.0. The molecule has 4 heterocycles. The van der Waals surface area contributed by atoms with Crippen molar-refractivity contribution in [2.75, 3.05) is 36.0 Å². The van der Waals surface area contributed by atoms with Crippen LogP contribution in [-0.4, -0.2) is 44.6 Å². The normalized spacial score (nSPS) is 14.4. The summed E-state index contributed by atoms with van der Waals surface area (Å²) in [6.07, 6.45) is 1.47. The summed E-state index contributed by atoms with van der Waals surface area (Å²) >= 11 is 0. The lowest BCUT2D eigenvalue weighted by Gasteiger charge is -2.34. The number of hydrogen-bond donors (Lipinski definition) is 0. The minimum absolute atomic E-state index is 0.0887. The number of furan rings is 1. The molecule has 0 saturated carbocycles. The van der Waals surface area contributed by atoms with Gasteiger partial charge in [-0.2, -0.15) is 10.2 Å². The van der Waals surface area contributed by atoms with Crippen LogP contribution in [0.5, 0.6) is 0 Å². The molecule has 3 aromatic heterocycles. The van der Waals surface area contributed by atoms with Gasteiger partial charge < -0.3 is 23.1 Å². The van der Waals surface area contributed by atoms with Crippen LogP contribution < -0.4 is 9.80 Å². The fourth-order valence-electron chi connectivity index (χ4n) is 3.82. The number of hydrogen-bond acceptors (Lipinski definition) is 10. The zero-order valence-corrected chi connectivity index (χ0v) is 19.4. The van der Waals surface area contributed by atoms with Crippen LogP contribution in [-0.2, 0) is 9.84 Å². The largest absolute Gasteiger partial charge is 0.459 e. The van der Waals surface area contributed by atoms with Gasteiger partial charge in [-0.05, 0) is 31.2 Å². The van der Waals surface area contributed by atoms with Crippen LogP contribution in [0.1, 0.15) is 17.1 Å². The van der Waals surface area contributed by atoms with Crippen LogP contribution in [0, 0.1) is 25.2 Å². The van der Waals surface area contributed by atoms with Gasteiger partial charge in [0.25, 0.3) is 5.89 Å². The lowest BCUT2D eigenvalue weighted by atomic mass is 10.2. The molecule has 0 atom stereocenters. The van der Waals surface area contributed by atoms with Crippen LogP contribution in [0.25, 0.3) is 11.7 Å². The first-order valence-electron chi connectivity index (χ1n) is 10.6. The highest BCUT2D eigenvalue weighted by molar-refractivity contribution is 7.91. The third-order valence-electron chi connectivity index (χ3n) is 5.57. The summed E-state index contributed by atoms with van der Waals surface area (Å²) in [5.74, 6) is 1.41. The predicted molar refractivity (Wildman–Crippen MR) is 121 cm³/mol. The fourth-order valence-corrected chi connectivity index (χ4v) is 5.15. The summed E-state index contributed by atoms with van der Waals surface area (Å²) in [4.78, 5) is 12.3. The Bertz CT molecular complexity index is 1450. The zero-order valence-electron chi connectivity index (χ0n) is 18.6. The van der Waals surface area contributed by atoms with Gasteiger partial charge in [-0.3, -0.25) is 0 Å². The number of benzene rings is 1. The van der Waals surface area contributed by atoms with E-state index >= 15 is 0 Å². The first kappa shape index (κ1) is 21.8. The van der Waals surface area contributed by atoms with E-state index in [0.29, 0.717) is 43.7 Å². The van der Waals surface area contributed by atoms with Crippen LogP contribution in [0.15, 0.2) is 65.8 Å². The van der Waals surface area contributed by atoms with Crippen molar-refractivity contribution >= 4 is 21.6 Å². The molecule has 4 aromatic rings.